The highest BCUT2D eigenvalue weighted by Gasteiger charge is 2.36. The number of anilines is 1. The van der Waals surface area contributed by atoms with Gasteiger partial charge in [-0.05, 0) is 92.7 Å². The standard InChI is InChI=1S/C27H31FN4O4S/c28-20-5-7-21(8-6-20)29-27(37)32-14-10-18(11-15-32)24(26(34)31-12-2-1-3-13-31)30-25(33)19-4-9-22-23(16-19)36-17-35-22/h4-9,16,18,24H,1-3,10-15,17H2,(H,29,37)(H,30,33). The predicted molar refractivity (Wildman–Crippen MR) is 141 cm³/mol. The van der Waals surface area contributed by atoms with Gasteiger partial charge in [-0.3, -0.25) is 9.59 Å². The molecule has 0 aromatic heterocycles. The number of hydrogen-bond acceptors (Lipinski definition) is 5. The zero-order valence-corrected chi connectivity index (χ0v) is 21.4. The fraction of sp³-hybridized carbons (Fsp3) is 0.444. The van der Waals surface area contributed by atoms with E-state index in [-0.39, 0.29) is 30.3 Å². The number of amides is 2. The van der Waals surface area contributed by atoms with Gasteiger partial charge < -0.3 is 29.9 Å². The van der Waals surface area contributed by atoms with Crippen molar-refractivity contribution in [1.82, 2.24) is 15.1 Å². The normalized spacial score (nSPS) is 18.3. The number of carbonyl (C=O) groups is 2. The number of fused-ring (bicyclic) bond motifs is 1. The lowest BCUT2D eigenvalue weighted by atomic mass is 9.88. The Morgan fingerprint density at radius 2 is 1.62 bits per heavy atom. The van der Waals surface area contributed by atoms with Crippen LogP contribution in [0.2, 0.25) is 0 Å². The molecule has 3 heterocycles. The molecule has 0 aliphatic carbocycles. The van der Waals surface area contributed by atoms with Crippen LogP contribution < -0.4 is 20.1 Å². The molecule has 0 spiro atoms. The first kappa shape index (κ1) is 25.3. The van der Waals surface area contributed by atoms with Crippen molar-refractivity contribution < 1.29 is 23.5 Å². The van der Waals surface area contributed by atoms with E-state index in [2.05, 4.69) is 15.5 Å². The molecule has 2 fully saturated rings. The van der Waals surface area contributed by atoms with E-state index in [9.17, 15) is 14.0 Å². The third-order valence-corrected chi connectivity index (χ3v) is 7.61. The minimum Gasteiger partial charge on any atom is -0.454 e. The van der Waals surface area contributed by atoms with Gasteiger partial charge in [0.05, 0.1) is 0 Å². The predicted octanol–water partition coefficient (Wildman–Crippen LogP) is 3.77. The van der Waals surface area contributed by atoms with Gasteiger partial charge in [0.1, 0.15) is 11.9 Å². The second-order valence-electron chi connectivity index (χ2n) is 9.67. The fourth-order valence-corrected chi connectivity index (χ4v) is 5.43. The smallest absolute Gasteiger partial charge is 0.252 e. The Bertz CT molecular complexity index is 1150. The molecule has 0 bridgehead atoms. The van der Waals surface area contributed by atoms with Crippen molar-refractivity contribution in [3.63, 3.8) is 0 Å². The molecule has 1 atom stereocenters. The van der Waals surface area contributed by atoms with E-state index in [1.54, 1.807) is 30.3 Å². The second kappa shape index (κ2) is 11.3. The summed E-state index contributed by atoms with van der Waals surface area (Å²) in [6, 6.07) is 10.5. The summed E-state index contributed by atoms with van der Waals surface area (Å²) in [5.41, 5.74) is 1.16. The van der Waals surface area contributed by atoms with Crippen molar-refractivity contribution in [3.8, 4) is 11.5 Å². The van der Waals surface area contributed by atoms with Crippen molar-refractivity contribution in [1.29, 1.82) is 0 Å². The summed E-state index contributed by atoms with van der Waals surface area (Å²) in [6.07, 6.45) is 4.50. The van der Waals surface area contributed by atoms with Crippen molar-refractivity contribution in [3.05, 3.63) is 53.8 Å². The van der Waals surface area contributed by atoms with E-state index in [0.717, 1.165) is 38.0 Å². The molecule has 2 amide bonds. The highest BCUT2D eigenvalue weighted by Crippen LogP contribution is 2.33. The molecule has 37 heavy (non-hydrogen) atoms. The minimum atomic E-state index is -0.614. The summed E-state index contributed by atoms with van der Waals surface area (Å²) >= 11 is 5.57. The Balaban J connectivity index is 1.25. The summed E-state index contributed by atoms with van der Waals surface area (Å²) in [5.74, 6) is 0.503. The van der Waals surface area contributed by atoms with Crippen LogP contribution in [0.4, 0.5) is 10.1 Å². The third-order valence-electron chi connectivity index (χ3n) is 7.25. The Hall–Kier alpha value is -3.40. The molecule has 8 nitrogen and oxygen atoms in total. The first-order valence-corrected chi connectivity index (χ1v) is 13.2. The van der Waals surface area contributed by atoms with Crippen LogP contribution >= 0.6 is 12.2 Å². The number of hydrogen-bond donors (Lipinski definition) is 2. The Morgan fingerprint density at radius 3 is 2.35 bits per heavy atom. The first-order valence-electron chi connectivity index (χ1n) is 12.8. The van der Waals surface area contributed by atoms with Crippen LogP contribution in [0.1, 0.15) is 42.5 Å². The molecular formula is C27H31FN4O4S. The van der Waals surface area contributed by atoms with E-state index in [1.165, 1.54) is 12.1 Å². The molecule has 2 aromatic carbocycles. The lowest BCUT2D eigenvalue weighted by molar-refractivity contribution is -0.136. The van der Waals surface area contributed by atoms with Crippen molar-refractivity contribution in [2.24, 2.45) is 5.92 Å². The lowest BCUT2D eigenvalue weighted by Crippen LogP contribution is -2.55. The highest BCUT2D eigenvalue weighted by molar-refractivity contribution is 7.80. The summed E-state index contributed by atoms with van der Waals surface area (Å²) in [4.78, 5) is 30.8. The quantitative estimate of drug-likeness (QED) is 0.574. The minimum absolute atomic E-state index is 0.0146. The van der Waals surface area contributed by atoms with Crippen LogP contribution in [0, 0.1) is 11.7 Å². The van der Waals surface area contributed by atoms with Gasteiger partial charge in [-0.25, -0.2) is 4.39 Å². The maximum absolute atomic E-state index is 13.6. The zero-order valence-electron chi connectivity index (χ0n) is 20.6. The van der Waals surface area contributed by atoms with E-state index in [4.69, 9.17) is 21.7 Å². The van der Waals surface area contributed by atoms with Crippen LogP contribution in [0.5, 0.6) is 11.5 Å². The van der Waals surface area contributed by atoms with Gasteiger partial charge in [-0.1, -0.05) is 0 Å². The van der Waals surface area contributed by atoms with Gasteiger partial charge in [0.25, 0.3) is 5.91 Å². The van der Waals surface area contributed by atoms with E-state index in [0.29, 0.717) is 48.1 Å². The molecule has 10 heteroatoms. The van der Waals surface area contributed by atoms with Gasteiger partial charge in [-0.15, -0.1) is 0 Å². The van der Waals surface area contributed by atoms with Crippen LogP contribution in [-0.4, -0.2) is 65.7 Å². The number of halogens is 1. The molecule has 3 aliphatic rings. The molecular weight excluding hydrogens is 495 g/mol. The van der Waals surface area contributed by atoms with Crippen molar-refractivity contribution >= 4 is 34.8 Å². The van der Waals surface area contributed by atoms with Crippen LogP contribution in [0.25, 0.3) is 0 Å². The van der Waals surface area contributed by atoms with Crippen molar-refractivity contribution in [2.75, 3.05) is 38.3 Å². The summed E-state index contributed by atoms with van der Waals surface area (Å²) < 4.78 is 24.0. The average Bonchev–Trinajstić information content (AvgIpc) is 3.41. The van der Waals surface area contributed by atoms with E-state index < -0.39 is 6.04 Å². The maximum atomic E-state index is 13.6. The SMILES string of the molecule is O=C(NC(C(=O)N1CCCCC1)C1CCN(C(=S)Nc2ccc(F)cc2)CC1)c1ccc2c(c1)OCO2. The number of ether oxygens (including phenoxy) is 2. The number of nitrogens with zero attached hydrogens (tertiary/aromatic N) is 2. The molecule has 3 aliphatic heterocycles. The topological polar surface area (TPSA) is 83.1 Å². The van der Waals surface area contributed by atoms with Gasteiger partial charge in [-0.2, -0.15) is 0 Å². The van der Waals surface area contributed by atoms with Gasteiger partial charge in [0, 0.05) is 37.4 Å². The van der Waals surface area contributed by atoms with Crippen LogP contribution in [-0.2, 0) is 4.79 Å². The molecule has 0 saturated carbocycles. The van der Waals surface area contributed by atoms with E-state index in [1.807, 2.05) is 4.90 Å². The largest absolute Gasteiger partial charge is 0.454 e. The Morgan fingerprint density at radius 1 is 0.919 bits per heavy atom. The van der Waals surface area contributed by atoms with Crippen molar-refractivity contribution in [2.45, 2.75) is 38.1 Å². The molecule has 196 valence electrons. The summed E-state index contributed by atoms with van der Waals surface area (Å²) in [5, 5.41) is 6.77. The van der Waals surface area contributed by atoms with Gasteiger partial charge >= 0.3 is 0 Å². The maximum Gasteiger partial charge on any atom is 0.252 e. The van der Waals surface area contributed by atoms with E-state index >= 15 is 0 Å². The fourth-order valence-electron chi connectivity index (χ4n) is 5.13. The van der Waals surface area contributed by atoms with Gasteiger partial charge in [0.15, 0.2) is 16.6 Å². The number of rotatable bonds is 5. The van der Waals surface area contributed by atoms with Crippen LogP contribution in [0.3, 0.4) is 0 Å². The molecule has 0 radical (unpaired) electrons. The lowest BCUT2D eigenvalue weighted by Gasteiger charge is -2.39. The zero-order chi connectivity index (χ0) is 25.8. The van der Waals surface area contributed by atoms with Crippen LogP contribution in [0.15, 0.2) is 42.5 Å². The Kier molecular flexibility index (Phi) is 7.73. The average molecular weight is 527 g/mol. The first-order chi connectivity index (χ1) is 18.0. The number of thiocarbonyl (C=S) groups is 1. The molecule has 2 aromatic rings. The Labute approximate surface area is 221 Å². The molecule has 2 N–H and O–H groups in total. The molecule has 2 saturated heterocycles. The van der Waals surface area contributed by atoms with Gasteiger partial charge in [0.2, 0.25) is 12.7 Å². The number of piperidine rings is 2. The summed E-state index contributed by atoms with van der Waals surface area (Å²) in [6.45, 7) is 2.88. The monoisotopic (exact) mass is 526 g/mol. The number of carbonyl (C=O) groups excluding carboxylic acids is 2. The molecule has 5 rings (SSSR count). The highest BCUT2D eigenvalue weighted by atomic mass is 32.1. The number of likely N-dealkylation sites (tertiary alicyclic amines) is 2. The number of nitrogens with one attached hydrogen (secondary N) is 2. The third kappa shape index (κ3) is 5.95. The summed E-state index contributed by atoms with van der Waals surface area (Å²) in [7, 11) is 0. The second-order valence-corrected chi connectivity index (χ2v) is 10.1. The molecule has 1 unspecified atom stereocenters. The number of benzene rings is 2.